The zero-order valence-electron chi connectivity index (χ0n) is 8.04. The smallest absolute Gasteiger partial charge is 0.211 e. The second kappa shape index (κ2) is 4.29. The second-order valence-electron chi connectivity index (χ2n) is 2.94. The highest BCUT2D eigenvalue weighted by Gasteiger charge is 2.15. The summed E-state index contributed by atoms with van der Waals surface area (Å²) in [7, 11) is -3.44. The van der Waals surface area contributed by atoms with Crippen LogP contribution in [0.3, 0.4) is 0 Å². The predicted molar refractivity (Wildman–Crippen MR) is 57.1 cm³/mol. The maximum Gasteiger partial charge on any atom is 0.242 e. The van der Waals surface area contributed by atoms with Crippen LogP contribution in [0.4, 0.5) is 0 Å². The van der Waals surface area contributed by atoms with E-state index in [2.05, 4.69) is 4.72 Å². The van der Waals surface area contributed by atoms with Gasteiger partial charge in [-0.25, -0.2) is 13.1 Å². The number of halogens is 1. The molecular weight excluding hydrogens is 222 g/mol. The summed E-state index contributed by atoms with van der Waals surface area (Å²) in [6.45, 7) is 3.93. The maximum absolute atomic E-state index is 11.6. The summed E-state index contributed by atoms with van der Waals surface area (Å²) in [5.74, 6) is 0. The fourth-order valence-electron chi connectivity index (χ4n) is 1.09. The van der Waals surface area contributed by atoms with Crippen molar-refractivity contribution in [2.75, 3.05) is 6.54 Å². The molecule has 0 aromatic heterocycles. The van der Waals surface area contributed by atoms with Crippen molar-refractivity contribution in [2.24, 2.45) is 0 Å². The van der Waals surface area contributed by atoms with Crippen LogP contribution in [0.15, 0.2) is 23.1 Å². The average Bonchev–Trinajstić information content (AvgIpc) is 2.02. The first kappa shape index (κ1) is 11.5. The highest BCUT2D eigenvalue weighted by atomic mass is 35.5. The van der Waals surface area contributed by atoms with Crippen LogP contribution in [0.5, 0.6) is 0 Å². The molecule has 5 heteroatoms. The van der Waals surface area contributed by atoms with E-state index in [1.165, 1.54) is 6.07 Å². The Morgan fingerprint density at radius 1 is 1.43 bits per heavy atom. The molecule has 0 heterocycles. The number of hydrogen-bond acceptors (Lipinski definition) is 2. The third-order valence-corrected chi connectivity index (χ3v) is 3.74. The minimum Gasteiger partial charge on any atom is -0.211 e. The molecule has 0 spiro atoms. The largest absolute Gasteiger partial charge is 0.242 e. The van der Waals surface area contributed by atoms with E-state index in [0.29, 0.717) is 6.54 Å². The van der Waals surface area contributed by atoms with Crippen molar-refractivity contribution in [1.29, 1.82) is 0 Å². The lowest BCUT2D eigenvalue weighted by atomic mass is 10.2. The number of aryl methyl sites for hydroxylation is 1. The molecule has 0 saturated heterocycles. The Hall–Kier alpha value is -0.580. The normalized spacial score (nSPS) is 11.6. The maximum atomic E-state index is 11.6. The molecule has 0 saturated carbocycles. The van der Waals surface area contributed by atoms with Gasteiger partial charge in [-0.05, 0) is 24.6 Å². The molecule has 0 bridgehead atoms. The van der Waals surface area contributed by atoms with Gasteiger partial charge in [-0.3, -0.25) is 0 Å². The van der Waals surface area contributed by atoms with Crippen molar-refractivity contribution in [3.8, 4) is 0 Å². The van der Waals surface area contributed by atoms with Crippen LogP contribution in [0.25, 0.3) is 0 Å². The molecular formula is C9H12ClNO2S. The summed E-state index contributed by atoms with van der Waals surface area (Å²) in [6.07, 6.45) is 0. The van der Waals surface area contributed by atoms with Crippen molar-refractivity contribution in [3.05, 3.63) is 28.8 Å². The van der Waals surface area contributed by atoms with Gasteiger partial charge in [0.2, 0.25) is 10.0 Å². The molecule has 0 aliphatic heterocycles. The first-order valence-corrected chi connectivity index (χ1v) is 6.09. The van der Waals surface area contributed by atoms with Crippen molar-refractivity contribution < 1.29 is 8.42 Å². The molecule has 0 fully saturated rings. The second-order valence-corrected chi connectivity index (χ2v) is 5.08. The van der Waals surface area contributed by atoms with E-state index in [-0.39, 0.29) is 9.92 Å². The van der Waals surface area contributed by atoms with Crippen LogP contribution in [0.1, 0.15) is 12.5 Å². The van der Waals surface area contributed by atoms with Gasteiger partial charge in [0.15, 0.2) is 0 Å². The Kier molecular flexibility index (Phi) is 3.53. The fraction of sp³-hybridized carbons (Fsp3) is 0.333. The summed E-state index contributed by atoms with van der Waals surface area (Å²) in [5.41, 5.74) is 0.936. The molecule has 0 radical (unpaired) electrons. The van der Waals surface area contributed by atoms with Crippen molar-refractivity contribution in [2.45, 2.75) is 18.7 Å². The van der Waals surface area contributed by atoms with E-state index in [1.54, 1.807) is 19.1 Å². The number of nitrogens with one attached hydrogen (secondary N) is 1. The lowest BCUT2D eigenvalue weighted by molar-refractivity contribution is 0.584. The zero-order valence-corrected chi connectivity index (χ0v) is 9.61. The highest BCUT2D eigenvalue weighted by molar-refractivity contribution is 7.89. The van der Waals surface area contributed by atoms with E-state index in [1.807, 2.05) is 6.92 Å². The summed E-state index contributed by atoms with van der Waals surface area (Å²) in [5, 5.41) is 0.256. The number of rotatable bonds is 3. The van der Waals surface area contributed by atoms with Gasteiger partial charge in [-0.15, -0.1) is 0 Å². The van der Waals surface area contributed by atoms with Crippen LogP contribution < -0.4 is 4.72 Å². The Bertz CT molecular complexity index is 428. The average molecular weight is 234 g/mol. The molecule has 0 unspecified atom stereocenters. The van der Waals surface area contributed by atoms with Gasteiger partial charge >= 0.3 is 0 Å². The molecule has 1 aromatic rings. The van der Waals surface area contributed by atoms with E-state index >= 15 is 0 Å². The first-order valence-electron chi connectivity index (χ1n) is 4.23. The van der Waals surface area contributed by atoms with Gasteiger partial charge < -0.3 is 0 Å². The van der Waals surface area contributed by atoms with Gasteiger partial charge in [0.1, 0.15) is 4.90 Å². The molecule has 0 aliphatic carbocycles. The van der Waals surface area contributed by atoms with E-state index in [0.717, 1.165) is 5.56 Å². The van der Waals surface area contributed by atoms with Gasteiger partial charge in [0, 0.05) is 6.54 Å². The summed E-state index contributed by atoms with van der Waals surface area (Å²) < 4.78 is 25.5. The fourth-order valence-corrected chi connectivity index (χ4v) is 2.73. The van der Waals surface area contributed by atoms with Crippen LogP contribution >= 0.6 is 11.6 Å². The monoisotopic (exact) mass is 233 g/mol. The van der Waals surface area contributed by atoms with Crippen LogP contribution in [-0.4, -0.2) is 15.0 Å². The Balaban J connectivity index is 3.20. The molecule has 1 aromatic carbocycles. The Morgan fingerprint density at radius 2 is 2.07 bits per heavy atom. The Labute approximate surface area is 89.1 Å². The topological polar surface area (TPSA) is 46.2 Å². The molecule has 1 N–H and O–H groups in total. The standard InChI is InChI=1S/C9H12ClNO2S/c1-3-11-14(12,13)9-5-4-7(2)6-8(9)10/h4-6,11H,3H2,1-2H3. The predicted octanol–water partition coefficient (Wildman–Crippen LogP) is 1.95. The third kappa shape index (κ3) is 2.47. The quantitative estimate of drug-likeness (QED) is 0.868. The van der Waals surface area contributed by atoms with Gasteiger partial charge in [0.25, 0.3) is 0 Å². The molecule has 1 rings (SSSR count). The number of hydrogen-bond donors (Lipinski definition) is 1. The Morgan fingerprint density at radius 3 is 2.57 bits per heavy atom. The van der Waals surface area contributed by atoms with Crippen molar-refractivity contribution >= 4 is 21.6 Å². The van der Waals surface area contributed by atoms with Gasteiger partial charge in [-0.1, -0.05) is 24.6 Å². The van der Waals surface area contributed by atoms with E-state index < -0.39 is 10.0 Å². The van der Waals surface area contributed by atoms with E-state index in [4.69, 9.17) is 11.6 Å². The lowest BCUT2D eigenvalue weighted by Gasteiger charge is -2.06. The van der Waals surface area contributed by atoms with Gasteiger partial charge in [-0.2, -0.15) is 0 Å². The van der Waals surface area contributed by atoms with Gasteiger partial charge in [0.05, 0.1) is 5.02 Å². The van der Waals surface area contributed by atoms with Crippen molar-refractivity contribution in [1.82, 2.24) is 4.72 Å². The molecule has 0 atom stereocenters. The molecule has 78 valence electrons. The zero-order chi connectivity index (χ0) is 10.8. The lowest BCUT2D eigenvalue weighted by Crippen LogP contribution is -2.23. The van der Waals surface area contributed by atoms with Crippen molar-refractivity contribution in [3.63, 3.8) is 0 Å². The van der Waals surface area contributed by atoms with Crippen LogP contribution in [0.2, 0.25) is 5.02 Å². The molecule has 3 nitrogen and oxygen atoms in total. The first-order chi connectivity index (χ1) is 6.47. The van der Waals surface area contributed by atoms with E-state index in [9.17, 15) is 8.42 Å². The number of sulfonamides is 1. The molecule has 14 heavy (non-hydrogen) atoms. The SMILES string of the molecule is CCNS(=O)(=O)c1ccc(C)cc1Cl. The molecule has 0 aliphatic rings. The van der Waals surface area contributed by atoms with Crippen LogP contribution in [-0.2, 0) is 10.0 Å². The number of benzene rings is 1. The minimum absolute atomic E-state index is 0.131. The minimum atomic E-state index is -3.44. The summed E-state index contributed by atoms with van der Waals surface area (Å²) >= 11 is 5.83. The summed E-state index contributed by atoms with van der Waals surface area (Å²) in [4.78, 5) is 0.131. The molecule has 0 amide bonds. The summed E-state index contributed by atoms with van der Waals surface area (Å²) in [6, 6.07) is 4.86. The highest BCUT2D eigenvalue weighted by Crippen LogP contribution is 2.21. The van der Waals surface area contributed by atoms with Crippen LogP contribution in [0, 0.1) is 6.92 Å². The third-order valence-electron chi connectivity index (χ3n) is 1.71.